The molecule has 4 rings (SSSR count). The lowest BCUT2D eigenvalue weighted by Crippen LogP contribution is -2.25. The van der Waals surface area contributed by atoms with E-state index in [0.29, 0.717) is 29.3 Å². The Bertz CT molecular complexity index is 1160. The second kappa shape index (κ2) is 9.27. The van der Waals surface area contributed by atoms with Gasteiger partial charge >= 0.3 is 0 Å². The molecule has 0 bridgehead atoms. The third kappa shape index (κ3) is 4.67. The summed E-state index contributed by atoms with van der Waals surface area (Å²) in [5.74, 6) is -0.489. The third-order valence-electron chi connectivity index (χ3n) is 5.27. The van der Waals surface area contributed by atoms with Crippen LogP contribution in [0.1, 0.15) is 47.1 Å². The van der Waals surface area contributed by atoms with Gasteiger partial charge in [-0.2, -0.15) is 0 Å². The van der Waals surface area contributed by atoms with Gasteiger partial charge in [-0.25, -0.2) is 0 Å². The fraction of sp³-hybridized carbons (Fsp3) is 0.261. The zero-order valence-electron chi connectivity index (χ0n) is 17.8. The Labute approximate surface area is 189 Å². The molecule has 0 aliphatic carbocycles. The lowest BCUT2D eigenvalue weighted by molar-refractivity contribution is -0.117. The van der Waals surface area contributed by atoms with E-state index in [1.54, 1.807) is 24.3 Å². The van der Waals surface area contributed by atoms with Gasteiger partial charge in [0.05, 0.1) is 0 Å². The molecule has 2 aromatic carbocycles. The number of anilines is 3. The molecule has 164 valence electrons. The highest BCUT2D eigenvalue weighted by molar-refractivity contribution is 7.15. The van der Waals surface area contributed by atoms with Gasteiger partial charge in [-0.15, -0.1) is 10.2 Å². The van der Waals surface area contributed by atoms with Crippen molar-refractivity contribution in [2.75, 3.05) is 22.1 Å². The summed E-state index contributed by atoms with van der Waals surface area (Å²) in [6.45, 7) is 4.04. The fourth-order valence-electron chi connectivity index (χ4n) is 3.71. The van der Waals surface area contributed by atoms with Crippen LogP contribution in [0.5, 0.6) is 0 Å². The van der Waals surface area contributed by atoms with Crippen molar-refractivity contribution >= 4 is 45.6 Å². The van der Waals surface area contributed by atoms with Crippen LogP contribution in [0.2, 0.25) is 0 Å². The summed E-state index contributed by atoms with van der Waals surface area (Å²) in [6, 6.07) is 14.5. The van der Waals surface area contributed by atoms with Crippen molar-refractivity contribution in [1.29, 1.82) is 0 Å². The molecular weight excluding hydrogens is 426 g/mol. The normalized spacial score (nSPS) is 15.6. The minimum atomic E-state index is -0.317. The number of para-hydroxylation sites is 1. The number of nitrogens with zero attached hydrogens (tertiary/aromatic N) is 3. The first-order chi connectivity index (χ1) is 15.4. The number of carbonyl (C=O) groups excluding carboxylic acids is 3. The quantitative estimate of drug-likeness (QED) is 0.595. The summed E-state index contributed by atoms with van der Waals surface area (Å²) in [7, 11) is 0. The monoisotopic (exact) mass is 449 g/mol. The second-order valence-corrected chi connectivity index (χ2v) is 8.55. The van der Waals surface area contributed by atoms with Crippen molar-refractivity contribution in [1.82, 2.24) is 10.2 Å². The predicted molar refractivity (Wildman–Crippen MR) is 124 cm³/mol. The highest BCUT2D eigenvalue weighted by Gasteiger charge is 2.34. The summed E-state index contributed by atoms with van der Waals surface area (Å²) in [5.41, 5.74) is 3.14. The van der Waals surface area contributed by atoms with E-state index < -0.39 is 0 Å². The molecule has 3 amide bonds. The molecule has 0 saturated carbocycles. The van der Waals surface area contributed by atoms with Crippen molar-refractivity contribution in [2.45, 2.75) is 32.6 Å². The molecule has 9 heteroatoms. The van der Waals surface area contributed by atoms with Gasteiger partial charge < -0.3 is 10.2 Å². The molecule has 0 unspecified atom stereocenters. The van der Waals surface area contributed by atoms with E-state index in [-0.39, 0.29) is 23.6 Å². The predicted octanol–water partition coefficient (Wildman–Crippen LogP) is 3.83. The first kappa shape index (κ1) is 21.6. The smallest absolute Gasteiger partial charge is 0.257 e. The molecule has 32 heavy (non-hydrogen) atoms. The Kier molecular flexibility index (Phi) is 6.27. The Hall–Kier alpha value is -3.59. The van der Waals surface area contributed by atoms with Crippen LogP contribution in [-0.2, 0) is 16.0 Å². The van der Waals surface area contributed by atoms with E-state index in [1.165, 1.54) is 18.3 Å². The van der Waals surface area contributed by atoms with Crippen molar-refractivity contribution in [3.63, 3.8) is 0 Å². The van der Waals surface area contributed by atoms with Crippen LogP contribution in [0.15, 0.2) is 48.5 Å². The van der Waals surface area contributed by atoms with Crippen LogP contribution in [-0.4, -0.2) is 34.5 Å². The van der Waals surface area contributed by atoms with E-state index in [1.807, 2.05) is 29.2 Å². The molecule has 1 atom stereocenters. The van der Waals surface area contributed by atoms with E-state index in [0.717, 1.165) is 22.7 Å². The number of aromatic nitrogens is 2. The molecule has 1 fully saturated rings. The summed E-state index contributed by atoms with van der Waals surface area (Å²) >= 11 is 1.28. The van der Waals surface area contributed by atoms with Gasteiger partial charge in [0.15, 0.2) is 0 Å². The molecule has 1 aliphatic heterocycles. The molecule has 1 saturated heterocycles. The number of aryl methyl sites for hydroxylation is 1. The van der Waals surface area contributed by atoms with Gasteiger partial charge in [0.2, 0.25) is 16.9 Å². The van der Waals surface area contributed by atoms with Crippen molar-refractivity contribution in [2.24, 2.45) is 0 Å². The van der Waals surface area contributed by atoms with Gasteiger partial charge in [-0.05, 0) is 42.3 Å². The SMILES string of the molecule is CCc1ccccc1N1C[C@@H](c2nnc(NC(=O)c3ccc(NC(C)=O)cc3)s2)CC1=O. The molecule has 0 spiro atoms. The number of amides is 3. The van der Waals surface area contributed by atoms with Crippen LogP contribution in [0.25, 0.3) is 0 Å². The van der Waals surface area contributed by atoms with Crippen LogP contribution in [0.4, 0.5) is 16.5 Å². The van der Waals surface area contributed by atoms with Gasteiger partial charge in [0.25, 0.3) is 5.91 Å². The average molecular weight is 450 g/mol. The molecule has 1 aromatic heterocycles. The maximum absolute atomic E-state index is 12.7. The van der Waals surface area contributed by atoms with E-state index in [2.05, 4.69) is 27.8 Å². The largest absolute Gasteiger partial charge is 0.326 e. The first-order valence-corrected chi connectivity index (χ1v) is 11.2. The van der Waals surface area contributed by atoms with Crippen LogP contribution < -0.4 is 15.5 Å². The van der Waals surface area contributed by atoms with Crippen molar-refractivity contribution in [3.05, 3.63) is 64.7 Å². The minimum absolute atomic E-state index is 0.0625. The Morgan fingerprint density at radius 2 is 1.84 bits per heavy atom. The van der Waals surface area contributed by atoms with Gasteiger partial charge in [0, 0.05) is 42.7 Å². The first-order valence-electron chi connectivity index (χ1n) is 10.3. The standard InChI is InChI=1S/C23H23N5O3S/c1-3-15-6-4-5-7-19(15)28-13-17(12-20(28)30)22-26-27-23(32-22)25-21(31)16-8-10-18(11-9-16)24-14(2)29/h4-11,17H,3,12-13H2,1-2H3,(H,24,29)(H,25,27,31)/t17-/m0/s1. The number of carbonyl (C=O) groups is 3. The summed E-state index contributed by atoms with van der Waals surface area (Å²) in [5, 5.41) is 14.8. The number of nitrogens with one attached hydrogen (secondary N) is 2. The fourth-order valence-corrected chi connectivity index (χ4v) is 4.54. The van der Waals surface area contributed by atoms with Gasteiger partial charge in [-0.1, -0.05) is 36.5 Å². The maximum Gasteiger partial charge on any atom is 0.257 e. The number of rotatable bonds is 6. The molecule has 3 aromatic rings. The highest BCUT2D eigenvalue weighted by atomic mass is 32.1. The van der Waals surface area contributed by atoms with Crippen LogP contribution in [0, 0.1) is 0 Å². The van der Waals surface area contributed by atoms with Crippen molar-refractivity contribution in [3.8, 4) is 0 Å². The van der Waals surface area contributed by atoms with E-state index >= 15 is 0 Å². The minimum Gasteiger partial charge on any atom is -0.326 e. The van der Waals surface area contributed by atoms with Gasteiger partial charge in [0.1, 0.15) is 5.01 Å². The molecule has 2 heterocycles. The maximum atomic E-state index is 12.7. The zero-order valence-corrected chi connectivity index (χ0v) is 18.6. The summed E-state index contributed by atoms with van der Waals surface area (Å²) in [4.78, 5) is 38.1. The summed E-state index contributed by atoms with van der Waals surface area (Å²) < 4.78 is 0. The van der Waals surface area contributed by atoms with Crippen molar-refractivity contribution < 1.29 is 14.4 Å². The Balaban J connectivity index is 1.42. The molecule has 2 N–H and O–H groups in total. The molecule has 8 nitrogen and oxygen atoms in total. The molecule has 0 radical (unpaired) electrons. The number of hydrogen-bond donors (Lipinski definition) is 2. The Morgan fingerprint density at radius 1 is 1.09 bits per heavy atom. The lowest BCUT2D eigenvalue weighted by Gasteiger charge is -2.19. The van der Waals surface area contributed by atoms with E-state index in [9.17, 15) is 14.4 Å². The topological polar surface area (TPSA) is 104 Å². The second-order valence-electron chi connectivity index (χ2n) is 7.55. The van der Waals surface area contributed by atoms with Crippen LogP contribution >= 0.6 is 11.3 Å². The average Bonchev–Trinajstić information content (AvgIpc) is 3.40. The Morgan fingerprint density at radius 3 is 2.56 bits per heavy atom. The van der Waals surface area contributed by atoms with Crippen LogP contribution in [0.3, 0.4) is 0 Å². The molecular formula is C23H23N5O3S. The third-order valence-corrected chi connectivity index (χ3v) is 6.27. The summed E-state index contributed by atoms with van der Waals surface area (Å²) in [6.07, 6.45) is 1.22. The van der Waals surface area contributed by atoms with E-state index in [4.69, 9.17) is 0 Å². The zero-order chi connectivity index (χ0) is 22.7. The number of benzene rings is 2. The highest BCUT2D eigenvalue weighted by Crippen LogP contribution is 2.35. The van der Waals surface area contributed by atoms with Gasteiger partial charge in [-0.3, -0.25) is 19.7 Å². The number of hydrogen-bond acceptors (Lipinski definition) is 6. The molecule has 1 aliphatic rings. The lowest BCUT2D eigenvalue weighted by atomic mass is 10.1.